The molecule has 0 saturated carbocycles. The fourth-order valence-corrected chi connectivity index (χ4v) is 2.04. The first-order valence-electron chi connectivity index (χ1n) is 6.10. The first-order valence-corrected chi connectivity index (χ1v) is 6.10. The van der Waals surface area contributed by atoms with E-state index >= 15 is 0 Å². The normalized spacial score (nSPS) is 22.2. The summed E-state index contributed by atoms with van der Waals surface area (Å²) in [6.07, 6.45) is 0. The Morgan fingerprint density at radius 2 is 1.67 bits per heavy atom. The van der Waals surface area contributed by atoms with Gasteiger partial charge < -0.3 is 4.74 Å². The van der Waals surface area contributed by atoms with Gasteiger partial charge in [0.15, 0.2) is 0 Å². The van der Waals surface area contributed by atoms with Crippen molar-refractivity contribution >= 4 is 0 Å². The van der Waals surface area contributed by atoms with E-state index in [0.29, 0.717) is 0 Å². The monoisotopic (exact) mass is 214 g/mol. The Bertz CT molecular complexity index is 165. The molecule has 0 aromatic carbocycles. The largest absolute Gasteiger partial charge is 0.383 e. The fraction of sp³-hybridized carbons (Fsp3) is 1.00. The third-order valence-electron chi connectivity index (χ3n) is 3.56. The number of methoxy groups -OCH3 is 1. The second-order valence-electron chi connectivity index (χ2n) is 4.86. The van der Waals surface area contributed by atoms with Gasteiger partial charge in [-0.25, -0.2) is 0 Å². The maximum absolute atomic E-state index is 5.10. The van der Waals surface area contributed by atoms with Gasteiger partial charge in [0.05, 0.1) is 6.61 Å². The van der Waals surface area contributed by atoms with Crippen molar-refractivity contribution in [1.29, 1.82) is 0 Å². The topological polar surface area (TPSA) is 15.7 Å². The van der Waals surface area contributed by atoms with Crippen LogP contribution in [0.3, 0.4) is 0 Å². The van der Waals surface area contributed by atoms with Crippen LogP contribution in [-0.2, 0) is 4.74 Å². The molecular weight excluding hydrogens is 188 g/mol. The summed E-state index contributed by atoms with van der Waals surface area (Å²) in [7, 11) is 1.77. The molecule has 90 valence electrons. The summed E-state index contributed by atoms with van der Waals surface area (Å²) >= 11 is 0. The van der Waals surface area contributed by atoms with Gasteiger partial charge in [0.25, 0.3) is 0 Å². The highest BCUT2D eigenvalue weighted by Gasteiger charge is 2.22. The van der Waals surface area contributed by atoms with Gasteiger partial charge in [0.1, 0.15) is 0 Å². The lowest BCUT2D eigenvalue weighted by atomic mass is 10.0. The summed E-state index contributed by atoms with van der Waals surface area (Å²) in [5.41, 5.74) is 0. The van der Waals surface area contributed by atoms with E-state index in [1.807, 2.05) is 0 Å². The first kappa shape index (κ1) is 12.9. The van der Waals surface area contributed by atoms with Gasteiger partial charge in [0.2, 0.25) is 0 Å². The van der Waals surface area contributed by atoms with Crippen LogP contribution in [0.4, 0.5) is 0 Å². The average molecular weight is 214 g/mol. The number of rotatable bonds is 5. The molecule has 0 radical (unpaired) electrons. The van der Waals surface area contributed by atoms with E-state index in [4.69, 9.17) is 4.74 Å². The van der Waals surface area contributed by atoms with E-state index in [9.17, 15) is 0 Å². The lowest BCUT2D eigenvalue weighted by Gasteiger charge is -2.39. The standard InChI is InChI=1S/C12H26N2O/c1-11(2)12(3)14-7-5-13(6-8-14)9-10-15-4/h11-12H,5-10H2,1-4H3. The first-order chi connectivity index (χ1) is 7.15. The molecule has 0 aromatic rings. The second-order valence-corrected chi connectivity index (χ2v) is 4.86. The van der Waals surface area contributed by atoms with E-state index in [0.717, 1.165) is 25.1 Å². The average Bonchev–Trinajstić information content (AvgIpc) is 2.26. The van der Waals surface area contributed by atoms with Gasteiger partial charge in [-0.1, -0.05) is 13.8 Å². The predicted molar refractivity (Wildman–Crippen MR) is 64.2 cm³/mol. The minimum Gasteiger partial charge on any atom is -0.383 e. The van der Waals surface area contributed by atoms with Crippen LogP contribution in [0.25, 0.3) is 0 Å². The van der Waals surface area contributed by atoms with E-state index < -0.39 is 0 Å². The molecule has 1 saturated heterocycles. The van der Waals surface area contributed by atoms with Gasteiger partial charge in [-0.15, -0.1) is 0 Å². The third-order valence-corrected chi connectivity index (χ3v) is 3.56. The summed E-state index contributed by atoms with van der Waals surface area (Å²) in [4.78, 5) is 5.10. The zero-order valence-electron chi connectivity index (χ0n) is 10.7. The maximum Gasteiger partial charge on any atom is 0.0589 e. The Labute approximate surface area is 94.4 Å². The van der Waals surface area contributed by atoms with Gasteiger partial charge in [-0.2, -0.15) is 0 Å². The summed E-state index contributed by atoms with van der Waals surface area (Å²) in [5.74, 6) is 0.760. The van der Waals surface area contributed by atoms with Crippen LogP contribution < -0.4 is 0 Å². The minimum atomic E-state index is 0.717. The van der Waals surface area contributed by atoms with Crippen LogP contribution in [-0.4, -0.2) is 62.3 Å². The van der Waals surface area contributed by atoms with Crippen LogP contribution in [0.15, 0.2) is 0 Å². The quantitative estimate of drug-likeness (QED) is 0.686. The van der Waals surface area contributed by atoms with Crippen LogP contribution in [0, 0.1) is 5.92 Å². The van der Waals surface area contributed by atoms with Gasteiger partial charge >= 0.3 is 0 Å². The minimum absolute atomic E-state index is 0.717. The van der Waals surface area contributed by atoms with Crippen molar-refractivity contribution in [3.8, 4) is 0 Å². The van der Waals surface area contributed by atoms with E-state index in [2.05, 4.69) is 30.6 Å². The Hall–Kier alpha value is -0.120. The van der Waals surface area contributed by atoms with Crippen molar-refractivity contribution in [2.75, 3.05) is 46.4 Å². The molecule has 3 nitrogen and oxygen atoms in total. The zero-order chi connectivity index (χ0) is 11.3. The second kappa shape index (κ2) is 6.46. The van der Waals surface area contributed by atoms with Crippen LogP contribution >= 0.6 is 0 Å². The molecular formula is C12H26N2O. The van der Waals surface area contributed by atoms with Crippen LogP contribution in [0.5, 0.6) is 0 Å². The molecule has 1 rings (SSSR count). The van der Waals surface area contributed by atoms with Crippen molar-refractivity contribution in [3.05, 3.63) is 0 Å². The highest BCUT2D eigenvalue weighted by molar-refractivity contribution is 4.77. The lowest BCUT2D eigenvalue weighted by Crippen LogP contribution is -2.51. The van der Waals surface area contributed by atoms with Crippen molar-refractivity contribution in [3.63, 3.8) is 0 Å². The Balaban J connectivity index is 2.23. The number of hydrogen-bond donors (Lipinski definition) is 0. The number of hydrogen-bond acceptors (Lipinski definition) is 3. The smallest absolute Gasteiger partial charge is 0.0589 e. The van der Waals surface area contributed by atoms with Gasteiger partial charge in [0, 0.05) is 45.9 Å². The molecule has 0 aromatic heterocycles. The van der Waals surface area contributed by atoms with Gasteiger partial charge in [-0.3, -0.25) is 9.80 Å². The van der Waals surface area contributed by atoms with Crippen LogP contribution in [0.2, 0.25) is 0 Å². The number of piperazine rings is 1. The fourth-order valence-electron chi connectivity index (χ4n) is 2.04. The zero-order valence-corrected chi connectivity index (χ0v) is 10.7. The molecule has 3 heteroatoms. The van der Waals surface area contributed by atoms with Crippen LogP contribution in [0.1, 0.15) is 20.8 Å². The molecule has 0 spiro atoms. The Kier molecular flexibility index (Phi) is 5.58. The van der Waals surface area contributed by atoms with Crippen molar-refractivity contribution < 1.29 is 4.74 Å². The maximum atomic E-state index is 5.10. The molecule has 1 atom stereocenters. The molecule has 15 heavy (non-hydrogen) atoms. The van der Waals surface area contributed by atoms with E-state index in [-0.39, 0.29) is 0 Å². The molecule has 1 aliphatic rings. The van der Waals surface area contributed by atoms with Crippen molar-refractivity contribution in [2.45, 2.75) is 26.8 Å². The highest BCUT2D eigenvalue weighted by atomic mass is 16.5. The number of ether oxygens (including phenoxy) is 1. The summed E-state index contributed by atoms with van der Waals surface area (Å²) < 4.78 is 5.10. The summed E-state index contributed by atoms with van der Waals surface area (Å²) in [5, 5.41) is 0. The number of nitrogens with zero attached hydrogens (tertiary/aromatic N) is 2. The predicted octanol–water partition coefficient (Wildman–Crippen LogP) is 1.29. The van der Waals surface area contributed by atoms with Crippen molar-refractivity contribution in [1.82, 2.24) is 9.80 Å². The molecule has 1 fully saturated rings. The summed E-state index contributed by atoms with van der Waals surface area (Å²) in [6, 6.07) is 0.717. The summed E-state index contributed by atoms with van der Waals surface area (Å²) in [6.45, 7) is 13.7. The molecule has 1 aliphatic heterocycles. The molecule has 1 unspecified atom stereocenters. The molecule has 0 N–H and O–H groups in total. The molecule has 0 aliphatic carbocycles. The molecule has 0 bridgehead atoms. The van der Waals surface area contributed by atoms with Crippen molar-refractivity contribution in [2.24, 2.45) is 5.92 Å². The molecule has 0 amide bonds. The Morgan fingerprint density at radius 3 is 2.13 bits per heavy atom. The molecule has 1 heterocycles. The lowest BCUT2D eigenvalue weighted by molar-refractivity contribution is 0.0666. The highest BCUT2D eigenvalue weighted by Crippen LogP contribution is 2.12. The van der Waals surface area contributed by atoms with E-state index in [1.165, 1.54) is 26.2 Å². The van der Waals surface area contributed by atoms with E-state index in [1.54, 1.807) is 7.11 Å². The SMILES string of the molecule is COCCN1CCN(C(C)C(C)C)CC1. The van der Waals surface area contributed by atoms with Gasteiger partial charge in [-0.05, 0) is 12.8 Å². The third kappa shape index (κ3) is 4.09. The Morgan fingerprint density at radius 1 is 1.07 bits per heavy atom.